The number of rotatable bonds is 11. The zero-order valence-electron chi connectivity index (χ0n) is 27.1. The van der Waals surface area contributed by atoms with Crippen LogP contribution in [0.25, 0.3) is 16.5 Å². The lowest BCUT2D eigenvalue weighted by Crippen LogP contribution is -2.29. The maximum absolute atomic E-state index is 13.8. The van der Waals surface area contributed by atoms with Gasteiger partial charge in [0.15, 0.2) is 15.8 Å². The minimum absolute atomic E-state index is 0.0830. The normalized spacial score (nSPS) is 15.4. The molecule has 250 valence electrons. The highest BCUT2D eigenvalue weighted by Gasteiger charge is 2.48. The van der Waals surface area contributed by atoms with Gasteiger partial charge < -0.3 is 19.3 Å². The summed E-state index contributed by atoms with van der Waals surface area (Å²) in [6, 6.07) is 35.1. The van der Waals surface area contributed by atoms with E-state index >= 15 is 0 Å². The summed E-state index contributed by atoms with van der Waals surface area (Å²) >= 11 is 2.72. The van der Waals surface area contributed by atoms with Gasteiger partial charge in [0.25, 0.3) is 5.78 Å². The number of Topliss-reactive ketones (excluding diaryl/α,β-unsaturated/α-hetero) is 1. The first kappa shape index (κ1) is 32.9. The van der Waals surface area contributed by atoms with Crippen molar-refractivity contribution >= 4 is 56.5 Å². The summed E-state index contributed by atoms with van der Waals surface area (Å²) in [5.41, 5.74) is 2.95. The maximum Gasteiger partial charge on any atom is 0.301 e. The fourth-order valence-electron chi connectivity index (χ4n) is 5.89. The topological polar surface area (TPSA) is 111 Å². The minimum atomic E-state index is -0.991. The fourth-order valence-corrected chi connectivity index (χ4v) is 7.76. The maximum atomic E-state index is 13.8. The van der Waals surface area contributed by atoms with E-state index in [0.717, 1.165) is 21.9 Å². The second-order valence-electron chi connectivity index (χ2n) is 11.4. The number of aliphatic hydroxyl groups excluding tert-OH is 1. The number of ketones is 1. The summed E-state index contributed by atoms with van der Waals surface area (Å²) in [7, 11) is 2.99. The van der Waals surface area contributed by atoms with Crippen LogP contribution in [0.2, 0.25) is 0 Å². The van der Waals surface area contributed by atoms with E-state index in [2.05, 4.69) is 34.5 Å². The van der Waals surface area contributed by atoms with Gasteiger partial charge in [-0.1, -0.05) is 108 Å². The lowest BCUT2D eigenvalue weighted by atomic mass is 9.95. The molecule has 2 heterocycles. The van der Waals surface area contributed by atoms with E-state index < -0.39 is 17.7 Å². The first-order valence-corrected chi connectivity index (χ1v) is 17.5. The largest absolute Gasteiger partial charge is 0.507 e. The van der Waals surface area contributed by atoms with E-state index in [9.17, 15) is 14.7 Å². The number of fused-ring (bicyclic) bond motifs is 1. The summed E-state index contributed by atoms with van der Waals surface area (Å²) < 4.78 is 17.4. The predicted molar refractivity (Wildman–Crippen MR) is 195 cm³/mol. The van der Waals surface area contributed by atoms with Crippen LogP contribution in [-0.4, -0.2) is 41.2 Å². The molecule has 9 nitrogen and oxygen atoms in total. The Morgan fingerprint density at radius 2 is 1.58 bits per heavy atom. The Morgan fingerprint density at radius 1 is 0.840 bits per heavy atom. The third kappa shape index (κ3) is 6.52. The van der Waals surface area contributed by atoms with Crippen LogP contribution in [0.15, 0.2) is 125 Å². The van der Waals surface area contributed by atoms with Crippen molar-refractivity contribution in [2.75, 3.05) is 19.1 Å². The lowest BCUT2D eigenvalue weighted by Gasteiger charge is -2.23. The van der Waals surface area contributed by atoms with Crippen molar-refractivity contribution in [2.45, 2.75) is 22.7 Å². The van der Waals surface area contributed by atoms with E-state index in [4.69, 9.17) is 14.2 Å². The molecular weight excluding hydrogens is 671 g/mol. The average Bonchev–Trinajstić information content (AvgIpc) is 3.74. The molecule has 1 fully saturated rings. The zero-order chi connectivity index (χ0) is 34.6. The molecule has 1 saturated heterocycles. The van der Waals surface area contributed by atoms with E-state index in [1.807, 2.05) is 48.5 Å². The summed E-state index contributed by atoms with van der Waals surface area (Å²) in [6.07, 6.45) is 0. The number of nitrogens with zero attached hydrogens (tertiary/aromatic N) is 3. The van der Waals surface area contributed by atoms with E-state index in [-0.39, 0.29) is 22.0 Å². The highest BCUT2D eigenvalue weighted by Crippen LogP contribution is 2.45. The van der Waals surface area contributed by atoms with Gasteiger partial charge in [0.2, 0.25) is 5.13 Å². The Labute approximate surface area is 296 Å². The molecule has 0 saturated carbocycles. The number of aliphatic hydroxyl groups is 1. The van der Waals surface area contributed by atoms with Crippen LogP contribution < -0.4 is 19.1 Å². The van der Waals surface area contributed by atoms with E-state index in [1.54, 1.807) is 42.5 Å². The Kier molecular flexibility index (Phi) is 9.50. The first-order chi connectivity index (χ1) is 24.4. The molecular formula is C39H31N3O6S2. The second kappa shape index (κ2) is 14.5. The molecule has 0 radical (unpaired) electrons. The van der Waals surface area contributed by atoms with Crippen molar-refractivity contribution in [3.8, 4) is 17.2 Å². The number of aromatic nitrogens is 2. The number of carbonyl (C=O) groups excluding carboxylic acids is 2. The highest BCUT2D eigenvalue weighted by atomic mass is 32.2. The van der Waals surface area contributed by atoms with Gasteiger partial charge in [0, 0.05) is 11.3 Å². The Hall–Kier alpha value is -5.65. The van der Waals surface area contributed by atoms with Gasteiger partial charge >= 0.3 is 5.91 Å². The Morgan fingerprint density at radius 3 is 2.36 bits per heavy atom. The van der Waals surface area contributed by atoms with Crippen molar-refractivity contribution in [1.29, 1.82) is 0 Å². The molecule has 1 N–H and O–H groups in total. The van der Waals surface area contributed by atoms with E-state index in [0.29, 0.717) is 39.5 Å². The molecule has 7 rings (SSSR count). The van der Waals surface area contributed by atoms with Crippen LogP contribution in [0.4, 0.5) is 5.13 Å². The van der Waals surface area contributed by atoms with Gasteiger partial charge in [-0.3, -0.25) is 14.5 Å². The summed E-state index contributed by atoms with van der Waals surface area (Å²) in [5, 5.41) is 23.0. The van der Waals surface area contributed by atoms with Gasteiger partial charge in [-0.15, -0.1) is 10.2 Å². The van der Waals surface area contributed by atoms with Crippen LogP contribution in [0.1, 0.15) is 28.3 Å². The molecule has 1 aliphatic rings. The van der Waals surface area contributed by atoms with Crippen molar-refractivity contribution in [1.82, 2.24) is 10.2 Å². The SMILES string of the molecule is COc1ccc(/C(O)=C2/C(=O)C(=O)N(c3nnc(SCc4cccc5ccccc45)s3)C2c2ccc(OCc3ccccc3)cc2)cc1OC. The van der Waals surface area contributed by atoms with Crippen LogP contribution in [0.3, 0.4) is 0 Å². The molecule has 1 atom stereocenters. The van der Waals surface area contributed by atoms with Crippen molar-refractivity contribution in [3.63, 3.8) is 0 Å². The molecule has 0 spiro atoms. The Bertz CT molecular complexity index is 2210. The molecule has 1 amide bonds. The third-order valence-corrected chi connectivity index (χ3v) is 10.5. The molecule has 5 aromatic carbocycles. The zero-order valence-corrected chi connectivity index (χ0v) is 28.7. The molecule has 11 heteroatoms. The monoisotopic (exact) mass is 701 g/mol. The van der Waals surface area contributed by atoms with Crippen molar-refractivity contribution < 1.29 is 28.9 Å². The number of methoxy groups -OCH3 is 2. The number of amides is 1. The molecule has 50 heavy (non-hydrogen) atoms. The lowest BCUT2D eigenvalue weighted by molar-refractivity contribution is -0.132. The highest BCUT2D eigenvalue weighted by molar-refractivity contribution is 8.00. The molecule has 1 aromatic heterocycles. The van der Waals surface area contributed by atoms with Gasteiger partial charge in [0.1, 0.15) is 18.1 Å². The Balaban J connectivity index is 1.23. The van der Waals surface area contributed by atoms with Gasteiger partial charge in [-0.25, -0.2) is 0 Å². The molecule has 1 aliphatic heterocycles. The third-order valence-electron chi connectivity index (χ3n) is 8.38. The summed E-state index contributed by atoms with van der Waals surface area (Å²) in [6.45, 7) is 0.377. The molecule has 1 unspecified atom stereocenters. The number of ether oxygens (including phenoxy) is 3. The van der Waals surface area contributed by atoms with Gasteiger partial charge in [0.05, 0.1) is 25.8 Å². The molecule has 6 aromatic rings. The number of benzene rings is 5. The van der Waals surface area contributed by atoms with Crippen LogP contribution in [-0.2, 0) is 21.9 Å². The van der Waals surface area contributed by atoms with Crippen LogP contribution >= 0.6 is 23.1 Å². The number of carbonyl (C=O) groups is 2. The van der Waals surface area contributed by atoms with Crippen molar-refractivity contribution in [2.24, 2.45) is 0 Å². The van der Waals surface area contributed by atoms with Gasteiger partial charge in [-0.2, -0.15) is 0 Å². The second-order valence-corrected chi connectivity index (χ2v) is 13.5. The fraction of sp³-hybridized carbons (Fsp3) is 0.128. The van der Waals surface area contributed by atoms with Crippen LogP contribution in [0.5, 0.6) is 17.2 Å². The van der Waals surface area contributed by atoms with Crippen molar-refractivity contribution in [3.05, 3.63) is 143 Å². The minimum Gasteiger partial charge on any atom is -0.507 e. The summed E-state index contributed by atoms with van der Waals surface area (Å²) in [5.74, 6) is 0.0553. The first-order valence-electron chi connectivity index (χ1n) is 15.7. The average molecular weight is 702 g/mol. The number of thioether (sulfide) groups is 1. The number of hydrogen-bond donors (Lipinski definition) is 1. The number of hydrogen-bond acceptors (Lipinski definition) is 10. The summed E-state index contributed by atoms with van der Waals surface area (Å²) in [4.78, 5) is 28.9. The molecule has 0 bridgehead atoms. The van der Waals surface area contributed by atoms with Gasteiger partial charge in [-0.05, 0) is 57.8 Å². The van der Waals surface area contributed by atoms with Crippen LogP contribution in [0, 0.1) is 0 Å². The van der Waals surface area contributed by atoms with E-state index in [1.165, 1.54) is 42.2 Å². The predicted octanol–water partition coefficient (Wildman–Crippen LogP) is 8.21. The number of anilines is 1. The smallest absolute Gasteiger partial charge is 0.301 e. The molecule has 0 aliphatic carbocycles. The standard InChI is InChI=1S/C39H31N3O6S2/c1-46-31-20-17-27(21-32(31)47-2)35(43)33-34(26-15-18-29(19-16-26)48-22-24-9-4-3-5-10-24)42(37(45)36(33)44)38-40-41-39(50-38)49-23-28-13-8-12-25-11-6-7-14-30(25)28/h3-21,34,43H,22-23H2,1-2H3/b35-33-. The quantitative estimate of drug-likeness (QED) is 0.0470.